The van der Waals surface area contributed by atoms with E-state index in [2.05, 4.69) is 61.8 Å². The van der Waals surface area contributed by atoms with E-state index in [9.17, 15) is 0 Å². The fraction of sp³-hybridized carbons (Fsp3) is 0.536. The number of halogens is 1. The zero-order valence-corrected chi connectivity index (χ0v) is 20.9. The van der Waals surface area contributed by atoms with Crippen molar-refractivity contribution in [3.8, 4) is 0 Å². The van der Waals surface area contributed by atoms with Crippen molar-refractivity contribution < 1.29 is 0 Å². The minimum atomic E-state index is 0.248. The highest BCUT2D eigenvalue weighted by Crippen LogP contribution is 2.46. The molecule has 1 aliphatic carbocycles. The molecule has 170 valence electrons. The van der Waals surface area contributed by atoms with E-state index < -0.39 is 0 Å². The first-order chi connectivity index (χ1) is 15.1. The first-order valence-electron chi connectivity index (χ1n) is 12.2. The number of nitrogens with one attached hydrogen (secondary N) is 1. The number of aromatic nitrogens is 2. The van der Waals surface area contributed by atoms with Gasteiger partial charge in [0.2, 0.25) is 0 Å². The summed E-state index contributed by atoms with van der Waals surface area (Å²) in [7, 11) is 0. The predicted molar refractivity (Wildman–Crippen MR) is 135 cm³/mol. The largest absolute Gasteiger partial charge is 0.341 e. The molecule has 0 radical (unpaired) electrons. The highest BCUT2D eigenvalue weighted by molar-refractivity contribution is 6.32. The van der Waals surface area contributed by atoms with Crippen LogP contribution >= 0.6 is 11.6 Å². The number of fused-ring (bicyclic) bond motifs is 2. The molecule has 1 aliphatic heterocycles. The van der Waals surface area contributed by atoms with Crippen molar-refractivity contribution in [3.63, 3.8) is 0 Å². The molecule has 32 heavy (non-hydrogen) atoms. The second-order valence-electron chi connectivity index (χ2n) is 11.4. The lowest BCUT2D eigenvalue weighted by Crippen LogP contribution is -2.35. The van der Waals surface area contributed by atoms with Crippen LogP contribution in [0.1, 0.15) is 93.9 Å². The van der Waals surface area contributed by atoms with Gasteiger partial charge < -0.3 is 4.98 Å². The summed E-state index contributed by atoms with van der Waals surface area (Å²) in [5.74, 6) is 1.08. The molecular weight excluding hydrogens is 414 g/mol. The number of hydrogen-bond acceptors (Lipinski definition) is 2. The lowest BCUT2D eigenvalue weighted by Gasteiger charge is -2.42. The number of nitrogens with zero attached hydrogens (tertiary/aromatic N) is 2. The number of aromatic amines is 1. The number of benzene rings is 2. The maximum atomic E-state index is 6.36. The van der Waals surface area contributed by atoms with E-state index in [1.54, 1.807) is 5.56 Å². The van der Waals surface area contributed by atoms with Gasteiger partial charge in [-0.1, -0.05) is 63.9 Å². The number of H-pyrrole nitrogens is 1. The van der Waals surface area contributed by atoms with Crippen molar-refractivity contribution in [3.05, 3.63) is 63.4 Å². The summed E-state index contributed by atoms with van der Waals surface area (Å²) in [4.78, 5) is 11.2. The van der Waals surface area contributed by atoms with Gasteiger partial charge in [0, 0.05) is 11.6 Å². The molecule has 3 nitrogen and oxygen atoms in total. The summed E-state index contributed by atoms with van der Waals surface area (Å²) < 4.78 is 0. The minimum absolute atomic E-state index is 0.248. The first-order valence-corrected chi connectivity index (χ1v) is 12.6. The van der Waals surface area contributed by atoms with Crippen LogP contribution < -0.4 is 0 Å². The summed E-state index contributed by atoms with van der Waals surface area (Å²) in [5, 5.41) is 0.788. The zero-order valence-electron chi connectivity index (χ0n) is 20.2. The molecule has 1 atom stereocenters. The van der Waals surface area contributed by atoms with Crippen LogP contribution in [0, 0.1) is 6.92 Å². The van der Waals surface area contributed by atoms with Crippen LogP contribution in [0.2, 0.25) is 5.02 Å². The maximum absolute atomic E-state index is 6.36. The Hall–Kier alpha value is -1.84. The Morgan fingerprint density at radius 3 is 2.56 bits per heavy atom. The second-order valence-corrected chi connectivity index (χ2v) is 11.8. The summed E-state index contributed by atoms with van der Waals surface area (Å²) >= 11 is 6.36. The van der Waals surface area contributed by atoms with Crippen molar-refractivity contribution in [2.75, 3.05) is 6.54 Å². The smallest absolute Gasteiger partial charge is 0.124 e. The fourth-order valence-corrected chi connectivity index (χ4v) is 5.93. The van der Waals surface area contributed by atoms with E-state index in [-0.39, 0.29) is 10.8 Å². The van der Waals surface area contributed by atoms with Gasteiger partial charge in [-0.25, -0.2) is 4.98 Å². The predicted octanol–water partition coefficient (Wildman–Crippen LogP) is 7.60. The van der Waals surface area contributed by atoms with Crippen LogP contribution in [0.5, 0.6) is 0 Å². The standard InChI is InChI=1S/C28H36ClN3/c1-18-14-23-24(16-22(18)29)31-26(30-23)25-8-6-7-13-32(25)17-19-9-10-20-21(15-19)28(4,5)12-11-27(20,2)3/h9-10,14-16,25H,6-8,11-13,17H2,1-5H3,(H,30,31). The molecule has 1 unspecified atom stereocenters. The monoisotopic (exact) mass is 449 g/mol. The summed E-state index contributed by atoms with van der Waals surface area (Å²) in [5.41, 5.74) is 8.18. The average molecular weight is 450 g/mol. The van der Waals surface area contributed by atoms with Gasteiger partial charge in [-0.15, -0.1) is 0 Å². The first kappa shape index (κ1) is 22.0. The third-order valence-corrected chi connectivity index (χ3v) is 8.42. The van der Waals surface area contributed by atoms with E-state index in [0.29, 0.717) is 6.04 Å². The average Bonchev–Trinajstić information content (AvgIpc) is 3.15. The SMILES string of the molecule is Cc1cc2[nH]c(C3CCCCN3Cc3ccc4c(c3)C(C)(C)CCC4(C)C)nc2cc1Cl. The van der Waals surface area contributed by atoms with Gasteiger partial charge in [0.1, 0.15) is 5.82 Å². The van der Waals surface area contributed by atoms with E-state index in [1.807, 2.05) is 13.0 Å². The molecule has 0 spiro atoms. The van der Waals surface area contributed by atoms with Crippen molar-refractivity contribution in [2.24, 2.45) is 0 Å². The molecule has 3 aromatic rings. The minimum Gasteiger partial charge on any atom is -0.341 e. The van der Waals surface area contributed by atoms with Crippen LogP contribution in [-0.2, 0) is 17.4 Å². The number of imidazole rings is 1. The lowest BCUT2D eigenvalue weighted by atomic mass is 9.63. The van der Waals surface area contributed by atoms with Gasteiger partial charge in [-0.05, 0) is 84.4 Å². The Bertz CT molecular complexity index is 1120. The topological polar surface area (TPSA) is 31.9 Å². The van der Waals surface area contributed by atoms with Crippen LogP contribution in [0.25, 0.3) is 11.0 Å². The number of rotatable bonds is 3. The molecule has 0 amide bonds. The van der Waals surface area contributed by atoms with Crippen molar-refractivity contribution in [2.45, 2.75) is 90.1 Å². The Morgan fingerprint density at radius 2 is 1.78 bits per heavy atom. The van der Waals surface area contributed by atoms with E-state index in [1.165, 1.54) is 36.8 Å². The molecule has 0 bridgehead atoms. The fourth-order valence-electron chi connectivity index (χ4n) is 5.78. The molecule has 0 saturated carbocycles. The Labute approximate surface area is 197 Å². The summed E-state index contributed by atoms with van der Waals surface area (Å²) in [6.07, 6.45) is 6.17. The summed E-state index contributed by atoms with van der Waals surface area (Å²) in [6, 6.07) is 11.7. The van der Waals surface area contributed by atoms with Gasteiger partial charge in [-0.2, -0.15) is 0 Å². The van der Waals surface area contributed by atoms with Crippen molar-refractivity contribution >= 4 is 22.6 Å². The number of likely N-dealkylation sites (tertiary alicyclic amines) is 1. The molecule has 1 N–H and O–H groups in total. The van der Waals surface area contributed by atoms with Crippen molar-refractivity contribution in [1.29, 1.82) is 0 Å². The maximum Gasteiger partial charge on any atom is 0.124 e. The quantitative estimate of drug-likeness (QED) is 0.446. The van der Waals surface area contributed by atoms with E-state index >= 15 is 0 Å². The molecule has 1 aromatic heterocycles. The third kappa shape index (κ3) is 3.88. The Kier molecular flexibility index (Phi) is 5.41. The molecule has 1 fully saturated rings. The van der Waals surface area contributed by atoms with Gasteiger partial charge in [0.15, 0.2) is 0 Å². The van der Waals surface area contributed by atoms with E-state index in [0.717, 1.165) is 47.0 Å². The molecule has 1 saturated heterocycles. The van der Waals surface area contributed by atoms with Crippen LogP contribution in [0.3, 0.4) is 0 Å². The Morgan fingerprint density at radius 1 is 1.03 bits per heavy atom. The molecule has 2 aliphatic rings. The molecule has 5 rings (SSSR count). The Balaban J connectivity index is 1.46. The molecule has 4 heteroatoms. The highest BCUT2D eigenvalue weighted by Gasteiger charge is 2.37. The number of hydrogen-bond donors (Lipinski definition) is 1. The van der Waals surface area contributed by atoms with Gasteiger partial charge in [0.25, 0.3) is 0 Å². The molecule has 2 aromatic carbocycles. The molecular formula is C28H36ClN3. The van der Waals surface area contributed by atoms with Crippen LogP contribution in [0.15, 0.2) is 30.3 Å². The second kappa shape index (κ2) is 7.88. The normalized spacial score (nSPS) is 22.8. The van der Waals surface area contributed by atoms with E-state index in [4.69, 9.17) is 16.6 Å². The number of aryl methyl sites for hydroxylation is 1. The number of piperidine rings is 1. The van der Waals surface area contributed by atoms with Gasteiger partial charge in [-0.3, -0.25) is 4.90 Å². The molecule has 2 heterocycles. The highest BCUT2D eigenvalue weighted by atomic mass is 35.5. The van der Waals surface area contributed by atoms with Gasteiger partial charge >= 0.3 is 0 Å². The zero-order chi connectivity index (χ0) is 22.7. The van der Waals surface area contributed by atoms with Gasteiger partial charge in [0.05, 0.1) is 17.1 Å². The van der Waals surface area contributed by atoms with Crippen molar-refractivity contribution in [1.82, 2.24) is 14.9 Å². The van der Waals surface area contributed by atoms with Crippen LogP contribution in [-0.4, -0.2) is 21.4 Å². The third-order valence-electron chi connectivity index (χ3n) is 8.01. The summed E-state index contributed by atoms with van der Waals surface area (Å²) in [6.45, 7) is 13.8. The van der Waals surface area contributed by atoms with Crippen LogP contribution in [0.4, 0.5) is 0 Å². The lowest BCUT2D eigenvalue weighted by molar-refractivity contribution is 0.134.